The van der Waals surface area contributed by atoms with Crippen molar-refractivity contribution in [1.29, 1.82) is 0 Å². The summed E-state index contributed by atoms with van der Waals surface area (Å²) in [5, 5.41) is 16.6. The number of nitrogens with one attached hydrogen (secondary N) is 2. The van der Waals surface area contributed by atoms with E-state index in [9.17, 15) is 19.7 Å². The number of carbonyl (C=O) groups is 2. The summed E-state index contributed by atoms with van der Waals surface area (Å²) < 4.78 is 0. The highest BCUT2D eigenvalue weighted by Gasteiger charge is 2.31. The van der Waals surface area contributed by atoms with Gasteiger partial charge in [0, 0.05) is 34.0 Å². The average Bonchev–Trinajstić information content (AvgIpc) is 2.61. The van der Waals surface area contributed by atoms with Crippen LogP contribution in [0.5, 0.6) is 0 Å². The number of rotatable bonds is 4. The first-order valence-electron chi connectivity index (χ1n) is 7.69. The molecule has 8 heteroatoms. The molecule has 0 fully saturated rings. The minimum absolute atomic E-state index is 0.0692. The van der Waals surface area contributed by atoms with Gasteiger partial charge in [0.2, 0.25) is 0 Å². The number of non-ortho nitro benzene ring substituents is 1. The molecule has 0 saturated carbocycles. The van der Waals surface area contributed by atoms with E-state index in [0.717, 1.165) is 0 Å². The van der Waals surface area contributed by atoms with Crippen molar-refractivity contribution in [1.82, 2.24) is 10.6 Å². The number of hydrogen-bond acceptors (Lipinski definition) is 4. The fraction of sp³-hybridized carbons (Fsp3) is 0.111. The van der Waals surface area contributed by atoms with Crippen LogP contribution in [0.4, 0.5) is 10.5 Å². The normalized spacial score (nSPS) is 16.7. The van der Waals surface area contributed by atoms with Crippen molar-refractivity contribution in [3.63, 3.8) is 0 Å². The van der Waals surface area contributed by atoms with Crippen LogP contribution >= 0.6 is 11.6 Å². The lowest BCUT2D eigenvalue weighted by atomic mass is 9.89. The first-order valence-corrected chi connectivity index (χ1v) is 8.07. The molecule has 1 aliphatic rings. The lowest BCUT2D eigenvalue weighted by Gasteiger charge is -2.28. The molecule has 1 heterocycles. The number of nitro groups is 1. The Hall–Kier alpha value is -3.19. The van der Waals surface area contributed by atoms with Crippen molar-refractivity contribution in [2.45, 2.75) is 13.0 Å². The van der Waals surface area contributed by atoms with E-state index >= 15 is 0 Å². The molecule has 0 saturated heterocycles. The summed E-state index contributed by atoms with van der Waals surface area (Å²) in [6.45, 7) is 1.64. The van der Waals surface area contributed by atoms with Gasteiger partial charge in [0.25, 0.3) is 5.69 Å². The number of hydrogen-bond donors (Lipinski definition) is 2. The molecule has 2 N–H and O–H groups in total. The van der Waals surface area contributed by atoms with Gasteiger partial charge < -0.3 is 10.6 Å². The van der Waals surface area contributed by atoms with Crippen molar-refractivity contribution >= 4 is 29.1 Å². The van der Waals surface area contributed by atoms with Gasteiger partial charge >= 0.3 is 6.03 Å². The molecule has 1 unspecified atom stereocenters. The van der Waals surface area contributed by atoms with Gasteiger partial charge in [0.15, 0.2) is 5.78 Å². The number of Topliss-reactive ketones (excluding diaryl/α,β-unsaturated/α-hetero) is 1. The fourth-order valence-electron chi connectivity index (χ4n) is 2.79. The maximum atomic E-state index is 13.0. The van der Waals surface area contributed by atoms with Gasteiger partial charge in [-0.25, -0.2) is 4.79 Å². The first kappa shape index (κ1) is 17.6. The molecule has 132 valence electrons. The summed E-state index contributed by atoms with van der Waals surface area (Å²) in [6, 6.07) is 11.0. The fourth-order valence-corrected chi connectivity index (χ4v) is 2.92. The highest BCUT2D eigenvalue weighted by atomic mass is 35.5. The zero-order valence-electron chi connectivity index (χ0n) is 13.7. The number of nitrogens with zero attached hydrogens (tertiary/aromatic N) is 1. The molecule has 26 heavy (non-hydrogen) atoms. The van der Waals surface area contributed by atoms with Crippen LogP contribution in [0.1, 0.15) is 28.9 Å². The Balaban J connectivity index is 2.02. The zero-order valence-corrected chi connectivity index (χ0v) is 14.4. The summed E-state index contributed by atoms with van der Waals surface area (Å²) in [5.41, 5.74) is 1.72. The molecule has 0 aromatic heterocycles. The maximum Gasteiger partial charge on any atom is 0.319 e. The lowest BCUT2D eigenvalue weighted by Crippen LogP contribution is -2.45. The van der Waals surface area contributed by atoms with E-state index in [4.69, 9.17) is 11.6 Å². The second-order valence-electron chi connectivity index (χ2n) is 5.75. The minimum Gasteiger partial charge on any atom is -0.327 e. The van der Waals surface area contributed by atoms with E-state index in [1.807, 2.05) is 0 Å². The van der Waals surface area contributed by atoms with E-state index in [1.54, 1.807) is 31.2 Å². The topological polar surface area (TPSA) is 101 Å². The molecule has 3 rings (SSSR count). The van der Waals surface area contributed by atoms with Gasteiger partial charge in [-0.3, -0.25) is 14.9 Å². The number of ketones is 1. The minimum atomic E-state index is -0.715. The predicted molar refractivity (Wildman–Crippen MR) is 96.0 cm³/mol. The van der Waals surface area contributed by atoms with E-state index in [2.05, 4.69) is 10.6 Å². The highest BCUT2D eigenvalue weighted by molar-refractivity contribution is 6.30. The Morgan fingerprint density at radius 1 is 1.12 bits per heavy atom. The molecule has 0 bridgehead atoms. The second kappa shape index (κ2) is 6.97. The maximum absolute atomic E-state index is 13.0. The Bertz CT molecular complexity index is 920. The third kappa shape index (κ3) is 3.43. The molecule has 0 aliphatic carbocycles. The number of benzene rings is 2. The number of halogens is 1. The summed E-state index contributed by atoms with van der Waals surface area (Å²) in [5.74, 6) is -0.269. The van der Waals surface area contributed by atoms with Crippen LogP contribution < -0.4 is 10.6 Å². The highest BCUT2D eigenvalue weighted by Crippen LogP contribution is 2.30. The summed E-state index contributed by atoms with van der Waals surface area (Å²) >= 11 is 5.87. The van der Waals surface area contributed by atoms with Crippen LogP contribution in [0.25, 0.3) is 0 Å². The van der Waals surface area contributed by atoms with E-state index in [-0.39, 0.29) is 11.5 Å². The van der Waals surface area contributed by atoms with Crippen molar-refractivity contribution in [3.8, 4) is 0 Å². The number of amides is 2. The third-order valence-electron chi connectivity index (χ3n) is 4.06. The second-order valence-corrected chi connectivity index (χ2v) is 6.19. The van der Waals surface area contributed by atoms with Crippen molar-refractivity contribution in [2.24, 2.45) is 0 Å². The van der Waals surface area contributed by atoms with E-state index in [1.165, 1.54) is 24.3 Å². The molecule has 1 atom stereocenters. The van der Waals surface area contributed by atoms with Crippen LogP contribution in [0.2, 0.25) is 5.02 Å². The van der Waals surface area contributed by atoms with E-state index in [0.29, 0.717) is 27.4 Å². The van der Waals surface area contributed by atoms with Gasteiger partial charge in [-0.05, 0) is 48.9 Å². The van der Waals surface area contributed by atoms with Gasteiger partial charge in [0.1, 0.15) is 0 Å². The molecular formula is C18H14ClN3O4. The van der Waals surface area contributed by atoms with Crippen LogP contribution in [-0.4, -0.2) is 16.7 Å². The monoisotopic (exact) mass is 371 g/mol. The zero-order chi connectivity index (χ0) is 18.8. The number of nitro benzene ring substituents is 1. The average molecular weight is 372 g/mol. The Labute approximate surface area is 153 Å². The van der Waals surface area contributed by atoms with Crippen LogP contribution in [0.15, 0.2) is 59.8 Å². The lowest BCUT2D eigenvalue weighted by molar-refractivity contribution is -0.384. The Morgan fingerprint density at radius 3 is 2.31 bits per heavy atom. The van der Waals surface area contributed by atoms with Crippen LogP contribution in [0, 0.1) is 10.1 Å². The van der Waals surface area contributed by atoms with E-state index < -0.39 is 17.0 Å². The molecule has 7 nitrogen and oxygen atoms in total. The smallest absolute Gasteiger partial charge is 0.319 e. The van der Waals surface area contributed by atoms with Gasteiger partial charge in [0.05, 0.1) is 11.0 Å². The number of urea groups is 1. The molecular weight excluding hydrogens is 358 g/mol. The molecule has 0 spiro atoms. The van der Waals surface area contributed by atoms with Crippen LogP contribution in [-0.2, 0) is 0 Å². The predicted octanol–water partition coefficient (Wildman–Crippen LogP) is 3.76. The number of allylic oxidation sites excluding steroid dienone is 1. The van der Waals surface area contributed by atoms with Crippen LogP contribution in [0.3, 0.4) is 0 Å². The summed E-state index contributed by atoms with van der Waals surface area (Å²) in [4.78, 5) is 35.2. The molecule has 2 amide bonds. The Morgan fingerprint density at radius 2 is 1.73 bits per heavy atom. The molecule has 2 aromatic carbocycles. The SMILES string of the molecule is CC1=C(C(=O)c2ccc(Cl)cc2)C(c2ccc([N+](=O)[O-])cc2)NC(=O)N1. The summed E-state index contributed by atoms with van der Waals surface area (Å²) in [7, 11) is 0. The van der Waals surface area contributed by atoms with Gasteiger partial charge in [-0.2, -0.15) is 0 Å². The standard InChI is InChI=1S/C18H14ClN3O4/c1-10-15(17(23)12-2-6-13(19)7-3-12)16(21-18(24)20-10)11-4-8-14(9-5-11)22(25)26/h2-9,16H,1H3,(H2,20,21,24). The first-order chi connectivity index (χ1) is 12.4. The van der Waals surface area contributed by atoms with Crippen molar-refractivity contribution in [3.05, 3.63) is 86.1 Å². The van der Waals surface area contributed by atoms with Gasteiger partial charge in [-0.15, -0.1) is 0 Å². The Kier molecular flexibility index (Phi) is 4.73. The largest absolute Gasteiger partial charge is 0.327 e. The molecule has 0 radical (unpaired) electrons. The number of carbonyl (C=O) groups excluding carboxylic acids is 2. The van der Waals surface area contributed by atoms with Crippen molar-refractivity contribution < 1.29 is 14.5 Å². The molecule has 1 aliphatic heterocycles. The third-order valence-corrected chi connectivity index (χ3v) is 4.31. The molecule has 2 aromatic rings. The quantitative estimate of drug-likeness (QED) is 0.485. The summed E-state index contributed by atoms with van der Waals surface area (Å²) in [6.07, 6.45) is 0. The van der Waals surface area contributed by atoms with Gasteiger partial charge in [-0.1, -0.05) is 11.6 Å². The van der Waals surface area contributed by atoms with Crippen molar-refractivity contribution in [2.75, 3.05) is 0 Å².